The number of morpholine rings is 1. The van der Waals surface area contributed by atoms with E-state index in [0.717, 1.165) is 13.0 Å². The van der Waals surface area contributed by atoms with Crippen LogP contribution in [0.25, 0.3) is 0 Å². The predicted molar refractivity (Wildman–Crippen MR) is 64.9 cm³/mol. The van der Waals surface area contributed by atoms with Crippen molar-refractivity contribution in [3.63, 3.8) is 0 Å². The van der Waals surface area contributed by atoms with E-state index >= 15 is 0 Å². The van der Waals surface area contributed by atoms with Gasteiger partial charge in [0.1, 0.15) is 6.04 Å². The van der Waals surface area contributed by atoms with Crippen LogP contribution in [0.15, 0.2) is 0 Å². The van der Waals surface area contributed by atoms with Gasteiger partial charge in [0, 0.05) is 12.6 Å². The topological polar surface area (TPSA) is 49.8 Å². The molecule has 0 aromatic carbocycles. The van der Waals surface area contributed by atoms with Gasteiger partial charge in [-0.25, -0.2) is 0 Å². The highest BCUT2D eigenvalue weighted by molar-refractivity contribution is 5.73. The van der Waals surface area contributed by atoms with Crippen molar-refractivity contribution in [3.8, 4) is 0 Å². The van der Waals surface area contributed by atoms with Crippen molar-refractivity contribution in [1.82, 2.24) is 4.90 Å². The molecule has 2 aliphatic rings. The first-order chi connectivity index (χ1) is 8.09. The van der Waals surface area contributed by atoms with E-state index in [1.807, 2.05) is 0 Å². The van der Waals surface area contributed by atoms with Crippen molar-refractivity contribution >= 4 is 5.97 Å². The molecule has 1 aliphatic carbocycles. The van der Waals surface area contributed by atoms with Crippen LogP contribution in [0.5, 0.6) is 0 Å². The minimum Gasteiger partial charge on any atom is -0.480 e. The summed E-state index contributed by atoms with van der Waals surface area (Å²) < 4.78 is 5.30. The van der Waals surface area contributed by atoms with Crippen LogP contribution in [0.1, 0.15) is 33.1 Å². The lowest BCUT2D eigenvalue weighted by Crippen LogP contribution is -2.57. The van der Waals surface area contributed by atoms with Gasteiger partial charge in [-0.05, 0) is 24.7 Å². The van der Waals surface area contributed by atoms with Crippen LogP contribution in [0.2, 0.25) is 0 Å². The molecule has 1 heterocycles. The summed E-state index contributed by atoms with van der Waals surface area (Å²) in [5.74, 6) is 0.578. The molecule has 17 heavy (non-hydrogen) atoms. The van der Waals surface area contributed by atoms with Crippen LogP contribution in [-0.4, -0.2) is 47.8 Å². The third-order valence-electron chi connectivity index (χ3n) is 4.30. The smallest absolute Gasteiger partial charge is 0.323 e. The normalized spacial score (nSPS) is 40.1. The number of carbonyl (C=O) groups is 1. The highest BCUT2D eigenvalue weighted by atomic mass is 16.5. The van der Waals surface area contributed by atoms with Crippen LogP contribution < -0.4 is 0 Å². The summed E-state index contributed by atoms with van der Waals surface area (Å²) in [5, 5.41) is 9.27. The van der Waals surface area contributed by atoms with Gasteiger partial charge in [0.25, 0.3) is 0 Å². The average Bonchev–Trinajstić information content (AvgIpc) is 2.32. The minimum atomic E-state index is -0.741. The Morgan fingerprint density at radius 3 is 2.82 bits per heavy atom. The quantitative estimate of drug-likeness (QED) is 0.797. The molecule has 1 aliphatic heterocycles. The SMILES string of the molecule is CC1CCC(C)C(N2CCOCC2C(=O)O)C1. The maximum Gasteiger partial charge on any atom is 0.323 e. The molecule has 4 unspecified atom stereocenters. The number of aliphatic carboxylic acids is 1. The number of nitrogens with zero attached hydrogens (tertiary/aromatic N) is 1. The second kappa shape index (κ2) is 5.36. The molecule has 1 saturated heterocycles. The van der Waals surface area contributed by atoms with Crippen LogP contribution in [0.3, 0.4) is 0 Å². The van der Waals surface area contributed by atoms with E-state index in [2.05, 4.69) is 18.7 Å². The summed E-state index contributed by atoms with van der Waals surface area (Å²) in [6.45, 7) is 6.30. The van der Waals surface area contributed by atoms with Gasteiger partial charge in [0.15, 0.2) is 0 Å². The Morgan fingerprint density at radius 1 is 1.35 bits per heavy atom. The molecule has 0 aromatic heterocycles. The average molecular weight is 241 g/mol. The highest BCUT2D eigenvalue weighted by Crippen LogP contribution is 2.33. The summed E-state index contributed by atoms with van der Waals surface area (Å²) in [5.41, 5.74) is 0. The van der Waals surface area contributed by atoms with E-state index in [1.54, 1.807) is 0 Å². The lowest BCUT2D eigenvalue weighted by atomic mass is 9.78. The van der Waals surface area contributed by atoms with Crippen molar-refractivity contribution in [1.29, 1.82) is 0 Å². The van der Waals surface area contributed by atoms with Gasteiger partial charge in [-0.3, -0.25) is 9.69 Å². The van der Waals surface area contributed by atoms with E-state index in [9.17, 15) is 9.90 Å². The number of hydrogen-bond acceptors (Lipinski definition) is 3. The lowest BCUT2D eigenvalue weighted by molar-refractivity contribution is -0.153. The first-order valence-electron chi connectivity index (χ1n) is 6.66. The minimum absolute atomic E-state index is 0.340. The second-order valence-electron chi connectivity index (χ2n) is 5.63. The Hall–Kier alpha value is -0.610. The Balaban J connectivity index is 2.09. The van der Waals surface area contributed by atoms with Crippen molar-refractivity contribution in [3.05, 3.63) is 0 Å². The predicted octanol–water partition coefficient (Wildman–Crippen LogP) is 1.60. The van der Waals surface area contributed by atoms with Crippen LogP contribution >= 0.6 is 0 Å². The first kappa shape index (κ1) is 12.8. The number of carboxylic acids is 1. The molecule has 0 bridgehead atoms. The fourth-order valence-electron chi connectivity index (χ4n) is 3.19. The molecule has 4 nitrogen and oxygen atoms in total. The molecule has 2 rings (SSSR count). The Bertz CT molecular complexity index is 282. The highest BCUT2D eigenvalue weighted by Gasteiger charge is 2.38. The summed E-state index contributed by atoms with van der Waals surface area (Å²) in [6, 6.07) is -0.0229. The van der Waals surface area contributed by atoms with Crippen molar-refractivity contribution in [2.75, 3.05) is 19.8 Å². The Labute approximate surface area is 103 Å². The zero-order valence-corrected chi connectivity index (χ0v) is 10.8. The zero-order chi connectivity index (χ0) is 12.4. The van der Waals surface area contributed by atoms with Crippen LogP contribution in [-0.2, 0) is 9.53 Å². The molecule has 0 amide bonds. The van der Waals surface area contributed by atoms with E-state index in [0.29, 0.717) is 31.1 Å². The molecular weight excluding hydrogens is 218 g/mol. The molecule has 1 saturated carbocycles. The molecule has 4 atom stereocenters. The fourth-order valence-corrected chi connectivity index (χ4v) is 3.19. The molecular formula is C13H23NO3. The van der Waals surface area contributed by atoms with Gasteiger partial charge in [-0.1, -0.05) is 20.3 Å². The standard InChI is InChI=1S/C13H23NO3/c1-9-3-4-10(2)11(7-9)14-5-6-17-8-12(14)13(15)16/h9-12H,3-8H2,1-2H3,(H,15,16). The van der Waals surface area contributed by atoms with Gasteiger partial charge in [0.05, 0.1) is 13.2 Å². The third-order valence-corrected chi connectivity index (χ3v) is 4.30. The number of ether oxygens (including phenoxy) is 1. The Kier molecular flexibility index (Phi) is 4.05. The van der Waals surface area contributed by atoms with Crippen molar-refractivity contribution < 1.29 is 14.6 Å². The zero-order valence-electron chi connectivity index (χ0n) is 10.8. The summed E-state index contributed by atoms with van der Waals surface area (Å²) in [7, 11) is 0. The van der Waals surface area contributed by atoms with Gasteiger partial charge < -0.3 is 9.84 Å². The van der Waals surface area contributed by atoms with Crippen molar-refractivity contribution in [2.24, 2.45) is 11.8 Å². The molecule has 0 radical (unpaired) electrons. The number of hydrogen-bond donors (Lipinski definition) is 1. The third kappa shape index (κ3) is 2.80. The monoisotopic (exact) mass is 241 g/mol. The molecule has 2 fully saturated rings. The van der Waals surface area contributed by atoms with Gasteiger partial charge >= 0.3 is 5.97 Å². The van der Waals surface area contributed by atoms with E-state index < -0.39 is 12.0 Å². The van der Waals surface area contributed by atoms with E-state index in [4.69, 9.17) is 4.74 Å². The van der Waals surface area contributed by atoms with Gasteiger partial charge in [-0.2, -0.15) is 0 Å². The van der Waals surface area contributed by atoms with Crippen LogP contribution in [0, 0.1) is 11.8 Å². The molecule has 0 spiro atoms. The maximum absolute atomic E-state index is 11.3. The van der Waals surface area contributed by atoms with E-state index in [1.165, 1.54) is 12.8 Å². The summed E-state index contributed by atoms with van der Waals surface area (Å²) in [6.07, 6.45) is 3.63. The number of carboxylic acid groups (broad SMARTS) is 1. The largest absolute Gasteiger partial charge is 0.480 e. The first-order valence-corrected chi connectivity index (χ1v) is 6.66. The summed E-state index contributed by atoms with van der Waals surface area (Å²) in [4.78, 5) is 13.4. The van der Waals surface area contributed by atoms with Gasteiger partial charge in [-0.15, -0.1) is 0 Å². The fraction of sp³-hybridized carbons (Fsp3) is 0.923. The molecule has 98 valence electrons. The lowest BCUT2D eigenvalue weighted by Gasteiger charge is -2.45. The molecule has 4 heteroatoms. The second-order valence-corrected chi connectivity index (χ2v) is 5.63. The van der Waals surface area contributed by atoms with Crippen molar-refractivity contribution in [2.45, 2.75) is 45.2 Å². The maximum atomic E-state index is 11.3. The molecule has 1 N–H and O–H groups in total. The van der Waals surface area contributed by atoms with Gasteiger partial charge in [0.2, 0.25) is 0 Å². The van der Waals surface area contributed by atoms with Crippen LogP contribution in [0.4, 0.5) is 0 Å². The van der Waals surface area contributed by atoms with E-state index in [-0.39, 0.29) is 0 Å². The molecule has 0 aromatic rings. The number of rotatable bonds is 2. The Morgan fingerprint density at radius 2 is 2.12 bits per heavy atom. The summed E-state index contributed by atoms with van der Waals surface area (Å²) >= 11 is 0.